The first-order valence-electron chi connectivity index (χ1n) is 27.4. The zero-order chi connectivity index (χ0) is 48.2. The lowest BCUT2D eigenvalue weighted by Gasteiger charge is -2.41. The zero-order valence-corrected chi connectivity index (χ0v) is 43.1. The number of carbonyl (C=O) groups is 1. The van der Waals surface area contributed by atoms with Gasteiger partial charge in [-0.2, -0.15) is 8.42 Å². The van der Waals surface area contributed by atoms with Crippen LogP contribution in [0.15, 0.2) is 12.2 Å². The van der Waals surface area contributed by atoms with E-state index >= 15 is 0 Å². The molecule has 1 aliphatic rings. The molecule has 1 fully saturated rings. The Bertz CT molecular complexity index is 1200. The molecule has 0 aromatic carbocycles. The van der Waals surface area contributed by atoms with Crippen molar-refractivity contribution in [2.45, 2.75) is 295 Å². The summed E-state index contributed by atoms with van der Waals surface area (Å²) in [6.07, 6.45) is 42.5. The number of allylic oxidation sites excluding steroid dienone is 2. The van der Waals surface area contributed by atoms with Gasteiger partial charge in [0.1, 0.15) is 30.5 Å². The number of rotatable bonds is 49. The smallest absolute Gasteiger partial charge is 0.397 e. The third-order valence-electron chi connectivity index (χ3n) is 12.9. The van der Waals surface area contributed by atoms with Gasteiger partial charge >= 0.3 is 16.4 Å². The molecule has 1 heterocycles. The fraction of sp³-hybridized carbons (Fsp3) is 0.943. The number of unbranched alkanes of at least 4 members (excludes halogenated alkanes) is 34. The molecule has 6 atom stereocenters. The average molecular weight is 963 g/mol. The van der Waals surface area contributed by atoms with Crippen molar-refractivity contribution in [3.05, 3.63) is 12.2 Å². The summed E-state index contributed by atoms with van der Waals surface area (Å²) in [5.41, 5.74) is 0. The first-order valence-corrected chi connectivity index (χ1v) is 28.8. The van der Waals surface area contributed by atoms with Gasteiger partial charge in [-0.15, -0.1) is 0 Å². The molecule has 66 heavy (non-hydrogen) atoms. The quantitative estimate of drug-likeness (QED) is 0.0197. The summed E-state index contributed by atoms with van der Waals surface area (Å²) in [6.45, 7) is 4.03. The lowest BCUT2D eigenvalue weighted by Crippen LogP contribution is -2.60. The average Bonchev–Trinajstić information content (AvgIpc) is 3.29. The third kappa shape index (κ3) is 37.7. The molecule has 0 aromatic rings. The minimum Gasteiger partial charge on any atom is -0.457 e. The second-order valence-corrected chi connectivity index (χ2v) is 20.2. The Kier molecular flexibility index (Phi) is 42.9. The van der Waals surface area contributed by atoms with Crippen molar-refractivity contribution in [2.75, 3.05) is 26.4 Å². The lowest BCUT2D eigenvalue weighted by atomic mass is 9.99. The second kappa shape index (κ2) is 45.0. The van der Waals surface area contributed by atoms with Crippen LogP contribution in [-0.4, -0.2) is 97.5 Å². The summed E-state index contributed by atoms with van der Waals surface area (Å²) in [4.78, 5) is 12.9. The maximum atomic E-state index is 12.9. The minimum atomic E-state index is -5.06. The molecule has 0 amide bonds. The lowest BCUT2D eigenvalue weighted by molar-refractivity contribution is -0.301. The molecule has 4 N–H and O–H groups in total. The third-order valence-corrected chi connectivity index (χ3v) is 13.4. The molecule has 6 unspecified atom stereocenters. The topological polar surface area (TPSA) is 178 Å². The Labute approximate surface area is 404 Å². The largest absolute Gasteiger partial charge is 0.457 e. The van der Waals surface area contributed by atoms with Gasteiger partial charge in [0, 0.05) is 13.0 Å². The van der Waals surface area contributed by atoms with Crippen molar-refractivity contribution in [1.82, 2.24) is 0 Å². The molecular weight excluding hydrogens is 861 g/mol. The molecule has 0 bridgehead atoms. The first kappa shape index (κ1) is 62.9. The number of hydrogen-bond acceptors (Lipinski definition) is 11. The van der Waals surface area contributed by atoms with Crippen LogP contribution in [0, 0.1) is 0 Å². The van der Waals surface area contributed by atoms with Crippen molar-refractivity contribution >= 4 is 16.4 Å². The molecule has 13 heteroatoms. The highest BCUT2D eigenvalue weighted by atomic mass is 32.3. The van der Waals surface area contributed by atoms with E-state index in [1.807, 2.05) is 0 Å². The molecule has 0 radical (unpaired) electrons. The zero-order valence-electron chi connectivity index (χ0n) is 42.3. The molecule has 0 aliphatic carbocycles. The standard InChI is InChI=1S/C53H102O12S/c1-3-5-7-9-11-13-15-17-19-21-22-23-24-25-26-27-28-30-32-34-36-38-40-42-49(55)63-47(46-62-53-51(57)52(65-66(58,59)60)50(56)48(44-54)64-53)45-61-43-41-39-37-35-33-31-29-20-18-16-14-12-10-8-6-4-2/h18,20,47-48,50-54,56-57H,3-17,19,21-46H2,1-2H3,(H,58,59,60)/b20-18-. The van der Waals surface area contributed by atoms with Crippen LogP contribution < -0.4 is 0 Å². The van der Waals surface area contributed by atoms with E-state index in [0.29, 0.717) is 13.0 Å². The Morgan fingerprint density at radius 3 is 1.36 bits per heavy atom. The normalized spacial score (nSPS) is 19.5. The molecule has 1 rings (SSSR count). The molecular formula is C53H102O12S. The first-order chi connectivity index (χ1) is 32.1. The summed E-state index contributed by atoms with van der Waals surface area (Å²) in [6, 6.07) is 0. The number of carbonyl (C=O) groups excluding carboxylic acids is 1. The van der Waals surface area contributed by atoms with Gasteiger partial charge in [-0.05, 0) is 38.5 Å². The Hall–Kier alpha value is -1.16. The summed E-state index contributed by atoms with van der Waals surface area (Å²) in [7, 11) is -5.06. The molecule has 0 spiro atoms. The highest BCUT2D eigenvalue weighted by molar-refractivity contribution is 7.80. The van der Waals surface area contributed by atoms with Gasteiger partial charge in [0.25, 0.3) is 0 Å². The highest BCUT2D eigenvalue weighted by Gasteiger charge is 2.48. The van der Waals surface area contributed by atoms with Crippen LogP contribution >= 0.6 is 0 Å². The van der Waals surface area contributed by atoms with E-state index in [1.165, 1.54) is 186 Å². The van der Waals surface area contributed by atoms with E-state index in [2.05, 4.69) is 30.2 Å². The monoisotopic (exact) mass is 963 g/mol. The van der Waals surface area contributed by atoms with E-state index in [4.69, 9.17) is 18.9 Å². The summed E-state index contributed by atoms with van der Waals surface area (Å²) < 4.78 is 59.3. The SMILES string of the molecule is CCCCCCCC/C=C\CCCCCCCCOCC(COC1OC(CO)C(O)C(OS(=O)(=O)O)C1O)OC(=O)CCCCCCCCCCCCCCCCCCCCCCCCC. The van der Waals surface area contributed by atoms with Crippen LogP contribution in [0.3, 0.4) is 0 Å². The predicted molar refractivity (Wildman–Crippen MR) is 267 cm³/mol. The molecule has 0 saturated carbocycles. The van der Waals surface area contributed by atoms with Gasteiger partial charge in [0.2, 0.25) is 0 Å². The fourth-order valence-corrected chi connectivity index (χ4v) is 9.24. The van der Waals surface area contributed by atoms with Gasteiger partial charge in [-0.3, -0.25) is 9.35 Å². The van der Waals surface area contributed by atoms with Gasteiger partial charge in [-0.25, -0.2) is 4.18 Å². The van der Waals surface area contributed by atoms with Crippen molar-refractivity contribution in [3.63, 3.8) is 0 Å². The Balaban J connectivity index is 2.30. The molecule has 392 valence electrons. The molecule has 1 aliphatic heterocycles. The highest BCUT2D eigenvalue weighted by Crippen LogP contribution is 2.26. The van der Waals surface area contributed by atoms with Crippen LogP contribution in [0.1, 0.15) is 258 Å². The van der Waals surface area contributed by atoms with Gasteiger partial charge in [0.15, 0.2) is 6.29 Å². The van der Waals surface area contributed by atoms with Crippen LogP contribution in [0.5, 0.6) is 0 Å². The maximum Gasteiger partial charge on any atom is 0.397 e. The Morgan fingerprint density at radius 1 is 0.561 bits per heavy atom. The van der Waals surface area contributed by atoms with Crippen LogP contribution in [0.2, 0.25) is 0 Å². The van der Waals surface area contributed by atoms with Crippen LogP contribution in [0.25, 0.3) is 0 Å². The predicted octanol–water partition coefficient (Wildman–Crippen LogP) is 13.0. The van der Waals surface area contributed by atoms with Crippen molar-refractivity contribution < 1.29 is 56.2 Å². The fourth-order valence-electron chi connectivity index (χ4n) is 8.73. The van der Waals surface area contributed by atoms with E-state index in [-0.39, 0.29) is 19.6 Å². The summed E-state index contributed by atoms with van der Waals surface area (Å²) in [5, 5.41) is 30.8. The van der Waals surface area contributed by atoms with E-state index in [0.717, 1.165) is 44.9 Å². The number of hydrogen-bond donors (Lipinski definition) is 4. The van der Waals surface area contributed by atoms with E-state index < -0.39 is 59.8 Å². The number of esters is 1. The molecule has 1 saturated heterocycles. The Morgan fingerprint density at radius 2 is 0.955 bits per heavy atom. The van der Waals surface area contributed by atoms with E-state index in [9.17, 15) is 33.1 Å². The van der Waals surface area contributed by atoms with E-state index in [1.54, 1.807) is 0 Å². The van der Waals surface area contributed by atoms with Crippen LogP contribution in [-0.2, 0) is 38.3 Å². The molecule has 12 nitrogen and oxygen atoms in total. The molecule has 0 aromatic heterocycles. The number of aliphatic hydroxyl groups is 3. The van der Waals surface area contributed by atoms with Crippen molar-refractivity contribution in [3.8, 4) is 0 Å². The van der Waals surface area contributed by atoms with Gasteiger partial charge in [-0.1, -0.05) is 225 Å². The summed E-state index contributed by atoms with van der Waals surface area (Å²) in [5.74, 6) is -0.394. The van der Waals surface area contributed by atoms with Crippen molar-refractivity contribution in [1.29, 1.82) is 0 Å². The number of aliphatic hydroxyl groups excluding tert-OH is 3. The second-order valence-electron chi connectivity index (χ2n) is 19.2. The maximum absolute atomic E-state index is 12.9. The van der Waals surface area contributed by atoms with Gasteiger partial charge in [0.05, 0.1) is 19.8 Å². The van der Waals surface area contributed by atoms with Crippen LogP contribution in [0.4, 0.5) is 0 Å². The minimum absolute atomic E-state index is 0.0377. The van der Waals surface area contributed by atoms with Crippen molar-refractivity contribution in [2.24, 2.45) is 0 Å². The number of ether oxygens (including phenoxy) is 4. The van der Waals surface area contributed by atoms with Gasteiger partial charge < -0.3 is 34.3 Å². The summed E-state index contributed by atoms with van der Waals surface area (Å²) >= 11 is 0.